The highest BCUT2D eigenvalue weighted by atomic mass is 16.3. The van der Waals surface area contributed by atoms with Gasteiger partial charge in [-0.2, -0.15) is 4.91 Å². The molecule has 0 bridgehead atoms. The van der Waals surface area contributed by atoms with Gasteiger partial charge in [0, 0.05) is 13.1 Å². The summed E-state index contributed by atoms with van der Waals surface area (Å²) in [4.78, 5) is 13.4. The summed E-state index contributed by atoms with van der Waals surface area (Å²) in [5.74, 6) is 0. The predicted molar refractivity (Wildman–Crippen MR) is 88.2 cm³/mol. The van der Waals surface area contributed by atoms with E-state index in [1.807, 2.05) is 18.2 Å². The number of fused-ring (bicyclic) bond motifs is 1. The van der Waals surface area contributed by atoms with Gasteiger partial charge in [0.15, 0.2) is 0 Å². The molecule has 0 N–H and O–H groups in total. The summed E-state index contributed by atoms with van der Waals surface area (Å²) in [6.45, 7) is 5.27. The molecular formula is C18H28N2O. The Kier molecular flexibility index (Phi) is 6.87. The maximum atomic E-state index is 10.9. The largest absolute Gasteiger partial charge is 0.299 e. The van der Waals surface area contributed by atoms with Crippen molar-refractivity contribution in [1.29, 1.82) is 0 Å². The maximum Gasteiger partial charge on any atom is 0.118 e. The molecular weight excluding hydrogens is 260 g/mol. The molecule has 3 nitrogen and oxygen atoms in total. The molecule has 1 fully saturated rings. The molecule has 1 heterocycles. The third kappa shape index (κ3) is 4.92. The summed E-state index contributed by atoms with van der Waals surface area (Å²) in [7, 11) is 0. The van der Waals surface area contributed by atoms with E-state index in [1.165, 1.54) is 44.1 Å². The van der Waals surface area contributed by atoms with Crippen molar-refractivity contribution in [2.75, 3.05) is 13.1 Å². The molecule has 116 valence electrons. The zero-order chi connectivity index (χ0) is 14.9. The van der Waals surface area contributed by atoms with Crippen molar-refractivity contribution in [2.24, 2.45) is 5.18 Å². The van der Waals surface area contributed by atoms with E-state index in [9.17, 15) is 4.91 Å². The molecule has 1 atom stereocenters. The molecule has 21 heavy (non-hydrogen) atoms. The van der Waals surface area contributed by atoms with Crippen LogP contribution in [0.15, 0.2) is 29.4 Å². The Labute approximate surface area is 128 Å². The molecule has 1 saturated carbocycles. The maximum absolute atomic E-state index is 10.9. The Morgan fingerprint density at radius 2 is 1.90 bits per heavy atom. The van der Waals surface area contributed by atoms with E-state index in [-0.39, 0.29) is 6.04 Å². The molecule has 2 aliphatic rings. The SMILES string of the molecule is C1CCC1.CCCCN1CCC(N=O)c2ccccc2C1. The highest BCUT2D eigenvalue weighted by Crippen LogP contribution is 2.29. The van der Waals surface area contributed by atoms with E-state index in [2.05, 4.69) is 23.1 Å². The van der Waals surface area contributed by atoms with Crippen molar-refractivity contribution in [3.8, 4) is 0 Å². The van der Waals surface area contributed by atoms with Gasteiger partial charge in [-0.05, 0) is 30.5 Å². The lowest BCUT2D eigenvalue weighted by Gasteiger charge is -2.19. The van der Waals surface area contributed by atoms with Crippen LogP contribution in [0, 0.1) is 4.91 Å². The molecule has 1 aromatic rings. The molecule has 1 unspecified atom stereocenters. The number of benzene rings is 1. The lowest BCUT2D eigenvalue weighted by molar-refractivity contribution is 0.261. The van der Waals surface area contributed by atoms with E-state index in [4.69, 9.17) is 0 Å². The fourth-order valence-corrected chi connectivity index (χ4v) is 2.72. The van der Waals surface area contributed by atoms with Crippen LogP contribution >= 0.6 is 0 Å². The van der Waals surface area contributed by atoms with Gasteiger partial charge in [-0.1, -0.05) is 68.5 Å². The Morgan fingerprint density at radius 3 is 2.52 bits per heavy atom. The van der Waals surface area contributed by atoms with E-state index >= 15 is 0 Å². The minimum Gasteiger partial charge on any atom is -0.299 e. The van der Waals surface area contributed by atoms with Gasteiger partial charge in [-0.3, -0.25) is 4.90 Å². The molecule has 1 aromatic carbocycles. The van der Waals surface area contributed by atoms with Gasteiger partial charge in [0.1, 0.15) is 6.04 Å². The number of hydrogen-bond donors (Lipinski definition) is 0. The highest BCUT2D eigenvalue weighted by Gasteiger charge is 2.22. The van der Waals surface area contributed by atoms with Crippen LogP contribution in [0.5, 0.6) is 0 Å². The van der Waals surface area contributed by atoms with Crippen LogP contribution in [0.2, 0.25) is 0 Å². The van der Waals surface area contributed by atoms with Gasteiger partial charge in [0.05, 0.1) is 0 Å². The molecule has 1 aliphatic carbocycles. The minimum absolute atomic E-state index is 0.155. The standard InChI is InChI=1S/C14H20N2O.C4H8/c1-2-3-9-16-10-8-14(15-17)13-7-5-4-6-12(13)11-16;1-2-4-3-1/h4-7,14H,2-3,8-11H2,1H3;1-4H2. The van der Waals surface area contributed by atoms with Gasteiger partial charge in [-0.15, -0.1) is 0 Å². The van der Waals surface area contributed by atoms with Crippen molar-refractivity contribution < 1.29 is 0 Å². The quantitative estimate of drug-likeness (QED) is 0.725. The first-order chi connectivity index (χ1) is 10.3. The molecule has 0 saturated heterocycles. The van der Waals surface area contributed by atoms with E-state index < -0.39 is 0 Å². The van der Waals surface area contributed by atoms with Crippen molar-refractivity contribution in [3.63, 3.8) is 0 Å². The van der Waals surface area contributed by atoms with Crippen molar-refractivity contribution >= 4 is 0 Å². The van der Waals surface area contributed by atoms with Crippen LogP contribution in [0.4, 0.5) is 0 Å². The zero-order valence-corrected chi connectivity index (χ0v) is 13.3. The second-order valence-corrected chi connectivity index (χ2v) is 6.15. The number of nitrogens with zero attached hydrogens (tertiary/aromatic N) is 2. The summed E-state index contributed by atoms with van der Waals surface area (Å²) in [5, 5.41) is 3.29. The summed E-state index contributed by atoms with van der Waals surface area (Å²) >= 11 is 0. The lowest BCUT2D eigenvalue weighted by Crippen LogP contribution is -2.24. The molecule has 0 radical (unpaired) electrons. The van der Waals surface area contributed by atoms with Crippen LogP contribution in [0.3, 0.4) is 0 Å². The Morgan fingerprint density at radius 1 is 1.19 bits per heavy atom. The molecule has 0 amide bonds. The first-order valence-electron chi connectivity index (χ1n) is 8.47. The van der Waals surface area contributed by atoms with E-state index in [1.54, 1.807) is 0 Å². The van der Waals surface area contributed by atoms with Crippen molar-refractivity contribution in [3.05, 3.63) is 40.3 Å². The smallest absolute Gasteiger partial charge is 0.118 e. The minimum atomic E-state index is -0.155. The highest BCUT2D eigenvalue weighted by molar-refractivity contribution is 5.31. The Bertz CT molecular complexity index is 425. The van der Waals surface area contributed by atoms with Crippen molar-refractivity contribution in [2.45, 2.75) is 64.5 Å². The molecule has 0 spiro atoms. The summed E-state index contributed by atoms with van der Waals surface area (Å²) in [6, 6.07) is 8.06. The van der Waals surface area contributed by atoms with Crippen LogP contribution in [0.25, 0.3) is 0 Å². The second kappa shape index (κ2) is 8.93. The first kappa shape index (κ1) is 16.2. The molecule has 3 rings (SSSR count). The second-order valence-electron chi connectivity index (χ2n) is 6.15. The van der Waals surface area contributed by atoms with Crippen molar-refractivity contribution in [1.82, 2.24) is 4.90 Å². The van der Waals surface area contributed by atoms with Gasteiger partial charge >= 0.3 is 0 Å². The molecule has 3 heteroatoms. The van der Waals surface area contributed by atoms with E-state index in [0.717, 1.165) is 31.6 Å². The van der Waals surface area contributed by atoms with Crippen LogP contribution < -0.4 is 0 Å². The number of hydrogen-bond acceptors (Lipinski definition) is 3. The number of unbranched alkanes of at least 4 members (excludes halogenated alkanes) is 1. The van der Waals surface area contributed by atoms with Gasteiger partial charge < -0.3 is 0 Å². The topological polar surface area (TPSA) is 32.7 Å². The van der Waals surface area contributed by atoms with Crippen LogP contribution in [-0.4, -0.2) is 18.0 Å². The van der Waals surface area contributed by atoms with Crippen LogP contribution in [0.1, 0.15) is 69.0 Å². The number of nitroso groups, excluding NO2 is 1. The lowest BCUT2D eigenvalue weighted by atomic mass is 10.0. The third-order valence-corrected chi connectivity index (χ3v) is 4.48. The summed E-state index contributed by atoms with van der Waals surface area (Å²) < 4.78 is 0. The number of rotatable bonds is 4. The zero-order valence-electron chi connectivity index (χ0n) is 13.3. The summed E-state index contributed by atoms with van der Waals surface area (Å²) in [5.41, 5.74) is 2.40. The third-order valence-electron chi connectivity index (χ3n) is 4.48. The van der Waals surface area contributed by atoms with Gasteiger partial charge in [-0.25, -0.2) is 0 Å². The first-order valence-corrected chi connectivity index (χ1v) is 8.47. The van der Waals surface area contributed by atoms with Gasteiger partial charge in [0.2, 0.25) is 0 Å². The monoisotopic (exact) mass is 288 g/mol. The average Bonchev–Trinajstić information content (AvgIpc) is 2.62. The Balaban J connectivity index is 0.000000347. The molecule has 0 aromatic heterocycles. The van der Waals surface area contributed by atoms with E-state index in [0.29, 0.717) is 0 Å². The predicted octanol–water partition coefficient (Wildman–Crippen LogP) is 5.06. The summed E-state index contributed by atoms with van der Waals surface area (Å²) in [6.07, 6.45) is 9.29. The fourth-order valence-electron chi connectivity index (χ4n) is 2.72. The fraction of sp³-hybridized carbons (Fsp3) is 0.667. The van der Waals surface area contributed by atoms with Crippen LogP contribution in [-0.2, 0) is 6.54 Å². The molecule has 1 aliphatic heterocycles. The Hall–Kier alpha value is -1.22. The average molecular weight is 288 g/mol. The normalized spacial score (nSPS) is 21.3. The van der Waals surface area contributed by atoms with Gasteiger partial charge in [0.25, 0.3) is 0 Å².